The Morgan fingerprint density at radius 3 is 2.40 bits per heavy atom. The Morgan fingerprint density at radius 2 is 1.63 bits per heavy atom. The first-order valence-corrected chi connectivity index (χ1v) is 12.8. The maximum Gasteiger partial charge on any atom is 0.127 e. The molecule has 1 atom stereocenters. The highest BCUT2D eigenvalue weighted by Crippen LogP contribution is 2.57. The second kappa shape index (κ2) is 9.43. The Hall–Kier alpha value is -3.24. The number of allylic oxidation sites excluding steroid dienone is 2. The lowest BCUT2D eigenvalue weighted by Gasteiger charge is -2.24. The number of methoxy groups -OCH3 is 2. The van der Waals surface area contributed by atoms with Gasteiger partial charge in [0.1, 0.15) is 23.9 Å². The summed E-state index contributed by atoms with van der Waals surface area (Å²) in [6.07, 6.45) is 4.72. The van der Waals surface area contributed by atoms with Gasteiger partial charge in [0.25, 0.3) is 0 Å². The molecule has 0 saturated carbocycles. The van der Waals surface area contributed by atoms with Crippen LogP contribution in [-0.2, 0) is 6.42 Å². The molecular formula is C31H33NO3. The van der Waals surface area contributed by atoms with Crippen molar-refractivity contribution in [2.75, 3.05) is 40.5 Å². The zero-order valence-electron chi connectivity index (χ0n) is 20.7. The van der Waals surface area contributed by atoms with Crippen molar-refractivity contribution in [3.8, 4) is 17.2 Å². The molecule has 1 heterocycles. The zero-order valence-corrected chi connectivity index (χ0v) is 20.7. The van der Waals surface area contributed by atoms with Crippen LogP contribution >= 0.6 is 0 Å². The number of benzene rings is 3. The van der Waals surface area contributed by atoms with E-state index >= 15 is 0 Å². The van der Waals surface area contributed by atoms with Gasteiger partial charge in [-0.3, -0.25) is 4.90 Å². The van der Waals surface area contributed by atoms with Crippen LogP contribution in [0.3, 0.4) is 0 Å². The molecule has 3 aliphatic rings. The van der Waals surface area contributed by atoms with Crippen LogP contribution in [0.5, 0.6) is 17.2 Å². The van der Waals surface area contributed by atoms with E-state index in [0.717, 1.165) is 43.2 Å². The molecule has 0 radical (unpaired) electrons. The van der Waals surface area contributed by atoms with Gasteiger partial charge in [-0.1, -0.05) is 36.4 Å². The number of likely N-dealkylation sites (tertiary alicyclic amines) is 1. The first-order valence-electron chi connectivity index (χ1n) is 12.8. The van der Waals surface area contributed by atoms with Crippen molar-refractivity contribution in [2.45, 2.75) is 31.6 Å². The van der Waals surface area contributed by atoms with E-state index in [-0.39, 0.29) is 5.92 Å². The largest absolute Gasteiger partial charge is 0.497 e. The fourth-order valence-electron chi connectivity index (χ4n) is 6.14. The number of hydrogen-bond donors (Lipinski definition) is 0. The highest BCUT2D eigenvalue weighted by Gasteiger charge is 2.38. The van der Waals surface area contributed by atoms with E-state index in [2.05, 4.69) is 59.5 Å². The highest BCUT2D eigenvalue weighted by molar-refractivity contribution is 6.04. The van der Waals surface area contributed by atoms with E-state index in [9.17, 15) is 0 Å². The number of rotatable bonds is 7. The van der Waals surface area contributed by atoms with E-state index in [4.69, 9.17) is 14.2 Å². The van der Waals surface area contributed by atoms with Gasteiger partial charge in [0.15, 0.2) is 0 Å². The van der Waals surface area contributed by atoms with Crippen LogP contribution in [0, 0.1) is 0 Å². The minimum Gasteiger partial charge on any atom is -0.497 e. The number of fused-ring (bicyclic) bond motifs is 4. The summed E-state index contributed by atoms with van der Waals surface area (Å²) in [7, 11) is 3.48. The quantitative estimate of drug-likeness (QED) is 0.415. The van der Waals surface area contributed by atoms with Gasteiger partial charge in [-0.05, 0) is 90.4 Å². The van der Waals surface area contributed by atoms with Gasteiger partial charge in [0.2, 0.25) is 0 Å². The summed E-state index contributed by atoms with van der Waals surface area (Å²) < 4.78 is 17.7. The number of ether oxygens (including phenoxy) is 3. The predicted octanol–water partition coefficient (Wildman–Crippen LogP) is 6.18. The summed E-state index contributed by atoms with van der Waals surface area (Å²) in [5.74, 6) is 2.79. The smallest absolute Gasteiger partial charge is 0.127 e. The predicted molar refractivity (Wildman–Crippen MR) is 141 cm³/mol. The van der Waals surface area contributed by atoms with Gasteiger partial charge in [0.05, 0.1) is 14.2 Å². The molecule has 1 fully saturated rings. The lowest BCUT2D eigenvalue weighted by Crippen LogP contribution is -2.25. The molecule has 3 aromatic rings. The molecule has 0 bridgehead atoms. The van der Waals surface area contributed by atoms with Gasteiger partial charge in [-0.25, -0.2) is 0 Å². The van der Waals surface area contributed by atoms with Crippen LogP contribution < -0.4 is 14.2 Å². The van der Waals surface area contributed by atoms with Crippen molar-refractivity contribution >= 4 is 11.1 Å². The molecule has 6 rings (SSSR count). The second-order valence-electron chi connectivity index (χ2n) is 9.74. The molecule has 1 saturated heterocycles. The molecular weight excluding hydrogens is 434 g/mol. The number of aryl methyl sites for hydroxylation is 1. The van der Waals surface area contributed by atoms with Crippen LogP contribution in [-0.4, -0.2) is 45.4 Å². The van der Waals surface area contributed by atoms with Crippen LogP contribution in [0.15, 0.2) is 60.7 Å². The summed E-state index contributed by atoms with van der Waals surface area (Å²) in [6.45, 7) is 4.15. The topological polar surface area (TPSA) is 30.9 Å². The van der Waals surface area contributed by atoms with Crippen LogP contribution in [0.2, 0.25) is 0 Å². The molecule has 4 heteroatoms. The average molecular weight is 468 g/mol. The van der Waals surface area contributed by atoms with E-state index < -0.39 is 0 Å². The van der Waals surface area contributed by atoms with E-state index in [1.54, 1.807) is 14.2 Å². The highest BCUT2D eigenvalue weighted by atomic mass is 16.5. The first-order chi connectivity index (χ1) is 17.3. The van der Waals surface area contributed by atoms with Gasteiger partial charge in [0, 0.05) is 24.1 Å². The van der Waals surface area contributed by atoms with Crippen molar-refractivity contribution in [3.05, 3.63) is 88.5 Å². The SMILES string of the molecule is COc1cc(OC)c2c(c1)C1=C(c3ccccc3CC1)C2c1ccc(OCCN2CCCC2)cc1. The fourth-order valence-corrected chi connectivity index (χ4v) is 6.14. The Kier molecular flexibility index (Phi) is 5.99. The Morgan fingerprint density at radius 1 is 0.829 bits per heavy atom. The molecule has 1 unspecified atom stereocenters. The average Bonchev–Trinajstić information content (AvgIpc) is 3.55. The van der Waals surface area contributed by atoms with Gasteiger partial charge in [-0.2, -0.15) is 0 Å². The molecule has 0 N–H and O–H groups in total. The van der Waals surface area contributed by atoms with Crippen molar-refractivity contribution in [3.63, 3.8) is 0 Å². The minimum atomic E-state index is 0.126. The third kappa shape index (κ3) is 4.00. The Bertz CT molecular complexity index is 1250. The van der Waals surface area contributed by atoms with Crippen LogP contribution in [0.1, 0.15) is 53.0 Å². The fraction of sp³-hybridized carbons (Fsp3) is 0.355. The van der Waals surface area contributed by atoms with Crippen molar-refractivity contribution < 1.29 is 14.2 Å². The third-order valence-electron chi connectivity index (χ3n) is 7.84. The Balaban J connectivity index is 1.37. The number of hydrogen-bond acceptors (Lipinski definition) is 4. The molecule has 4 nitrogen and oxygen atoms in total. The molecule has 1 aliphatic heterocycles. The van der Waals surface area contributed by atoms with Crippen LogP contribution in [0.25, 0.3) is 11.1 Å². The summed E-state index contributed by atoms with van der Waals surface area (Å²) >= 11 is 0. The van der Waals surface area contributed by atoms with Gasteiger partial charge < -0.3 is 14.2 Å². The van der Waals surface area contributed by atoms with Gasteiger partial charge in [-0.15, -0.1) is 0 Å². The van der Waals surface area contributed by atoms with Crippen molar-refractivity contribution in [2.24, 2.45) is 0 Å². The number of nitrogens with zero attached hydrogens (tertiary/aromatic N) is 1. The van der Waals surface area contributed by atoms with Gasteiger partial charge >= 0.3 is 0 Å². The summed E-state index contributed by atoms with van der Waals surface area (Å²) in [4.78, 5) is 2.49. The van der Waals surface area contributed by atoms with E-state index in [1.807, 2.05) is 6.07 Å². The van der Waals surface area contributed by atoms with E-state index in [0.29, 0.717) is 0 Å². The molecule has 3 aromatic carbocycles. The molecule has 0 amide bonds. The third-order valence-corrected chi connectivity index (χ3v) is 7.84. The normalized spacial score (nSPS) is 18.7. The minimum absolute atomic E-state index is 0.126. The molecule has 180 valence electrons. The monoisotopic (exact) mass is 467 g/mol. The van der Waals surface area contributed by atoms with Crippen molar-refractivity contribution in [1.82, 2.24) is 4.90 Å². The van der Waals surface area contributed by atoms with E-state index in [1.165, 1.54) is 64.9 Å². The standard InChI is InChI=1S/C31H33NO3/c1-33-24-19-27-26-14-11-21-7-3-4-8-25(21)30(26)29(31(27)28(20-24)34-2)22-9-12-23(13-10-22)35-18-17-32-15-5-6-16-32/h3-4,7-10,12-13,19-20,29H,5-6,11,14-18H2,1-2H3. The molecule has 0 spiro atoms. The zero-order chi connectivity index (χ0) is 23.8. The summed E-state index contributed by atoms with van der Waals surface area (Å²) in [5, 5.41) is 0. The summed E-state index contributed by atoms with van der Waals surface area (Å²) in [5.41, 5.74) is 9.41. The lowest BCUT2D eigenvalue weighted by molar-refractivity contribution is 0.238. The molecule has 0 aromatic heterocycles. The first kappa shape index (κ1) is 22.2. The Labute approximate surface area is 208 Å². The molecule has 2 aliphatic carbocycles. The maximum absolute atomic E-state index is 6.10. The maximum atomic E-state index is 6.10. The molecule has 35 heavy (non-hydrogen) atoms. The van der Waals surface area contributed by atoms with Crippen molar-refractivity contribution in [1.29, 1.82) is 0 Å². The lowest BCUT2D eigenvalue weighted by atomic mass is 9.79. The van der Waals surface area contributed by atoms with Crippen LogP contribution in [0.4, 0.5) is 0 Å². The second-order valence-corrected chi connectivity index (χ2v) is 9.74. The summed E-state index contributed by atoms with van der Waals surface area (Å²) in [6, 6.07) is 21.8.